The summed E-state index contributed by atoms with van der Waals surface area (Å²) < 4.78 is 49.8. The van der Waals surface area contributed by atoms with Crippen molar-refractivity contribution >= 4 is 52.8 Å². The zero-order valence-corrected chi connectivity index (χ0v) is 15.3. The Bertz CT molecular complexity index is 461. The molecule has 0 radical (unpaired) electrons. The predicted octanol–water partition coefficient (Wildman–Crippen LogP) is 1.83. The molecule has 0 aliphatic carbocycles. The van der Waals surface area contributed by atoms with Crippen LogP contribution in [0.1, 0.15) is 6.42 Å². The first-order valence-corrected chi connectivity index (χ1v) is 11.6. The second-order valence-electron chi connectivity index (χ2n) is 4.25. The fraction of sp³-hybridized carbons (Fsp3) is 1.00. The molecule has 0 unspecified atom stereocenters. The van der Waals surface area contributed by atoms with E-state index in [1.807, 2.05) is 0 Å². The molecule has 1 saturated heterocycles. The standard InChI is InChI=1S/C9H19Cl2N2O5PS2/c10-2-4-13(5-3-11)19(14)12-9(1-6-18-19)20-7-8-21(15,16)17/h9H,1-8H2,(H,12,14)(H,15,16,17)/t9-,19+/m1/s1. The van der Waals surface area contributed by atoms with Crippen molar-refractivity contribution in [2.24, 2.45) is 0 Å². The van der Waals surface area contributed by atoms with Crippen LogP contribution in [0.2, 0.25) is 0 Å². The highest BCUT2D eigenvalue weighted by Crippen LogP contribution is 2.50. The van der Waals surface area contributed by atoms with Crippen LogP contribution in [0.15, 0.2) is 0 Å². The average molecular weight is 401 g/mol. The van der Waals surface area contributed by atoms with Crippen molar-refractivity contribution in [3.63, 3.8) is 0 Å². The van der Waals surface area contributed by atoms with Crippen LogP contribution in [-0.2, 0) is 19.2 Å². The van der Waals surface area contributed by atoms with Gasteiger partial charge in [-0.3, -0.25) is 9.12 Å². The summed E-state index contributed by atoms with van der Waals surface area (Å²) in [6.45, 7) is 1.05. The number of alkyl halides is 2. The Kier molecular flexibility index (Phi) is 8.85. The SMILES string of the molecule is O=[P@@]1(N(CCCl)CCCl)N[C@H](SCCS(=O)(=O)O)CCO1. The van der Waals surface area contributed by atoms with Crippen LogP contribution in [0.3, 0.4) is 0 Å². The molecule has 2 N–H and O–H groups in total. The highest BCUT2D eigenvalue weighted by Gasteiger charge is 2.37. The molecule has 126 valence electrons. The number of rotatable bonds is 9. The topological polar surface area (TPSA) is 95.9 Å². The van der Waals surface area contributed by atoms with E-state index in [4.69, 9.17) is 32.3 Å². The Hall–Kier alpha value is 0.950. The molecule has 1 aliphatic heterocycles. The first kappa shape index (κ1) is 20.0. The van der Waals surface area contributed by atoms with E-state index in [1.165, 1.54) is 11.8 Å². The Morgan fingerprint density at radius 3 is 2.52 bits per heavy atom. The molecule has 0 amide bonds. The highest BCUT2D eigenvalue weighted by atomic mass is 35.5. The average Bonchev–Trinajstić information content (AvgIpc) is 2.37. The van der Waals surface area contributed by atoms with E-state index in [0.29, 0.717) is 37.9 Å². The van der Waals surface area contributed by atoms with Gasteiger partial charge in [0, 0.05) is 30.6 Å². The predicted molar refractivity (Wildman–Crippen MR) is 87.0 cm³/mol. The van der Waals surface area contributed by atoms with Crippen molar-refractivity contribution < 1.29 is 22.1 Å². The minimum Gasteiger partial charge on any atom is -0.306 e. The van der Waals surface area contributed by atoms with Crippen molar-refractivity contribution in [1.29, 1.82) is 0 Å². The molecule has 21 heavy (non-hydrogen) atoms. The summed E-state index contributed by atoms with van der Waals surface area (Å²) >= 11 is 12.7. The molecule has 0 spiro atoms. The maximum atomic E-state index is 12.8. The Labute approximate surface area is 139 Å². The van der Waals surface area contributed by atoms with Crippen molar-refractivity contribution in [2.75, 3.05) is 43.0 Å². The smallest absolute Gasteiger partial charge is 0.306 e. The third kappa shape index (κ3) is 7.37. The zero-order chi connectivity index (χ0) is 15.9. The molecule has 2 atom stereocenters. The van der Waals surface area contributed by atoms with Gasteiger partial charge in [0.05, 0.1) is 17.7 Å². The normalized spacial score (nSPS) is 27.1. The van der Waals surface area contributed by atoms with Gasteiger partial charge in [0.15, 0.2) is 0 Å². The molecule has 1 fully saturated rings. The van der Waals surface area contributed by atoms with Gasteiger partial charge in [-0.2, -0.15) is 8.42 Å². The summed E-state index contributed by atoms with van der Waals surface area (Å²) in [5.41, 5.74) is 0. The van der Waals surface area contributed by atoms with Crippen LogP contribution < -0.4 is 5.09 Å². The van der Waals surface area contributed by atoms with Crippen molar-refractivity contribution in [3.05, 3.63) is 0 Å². The molecular formula is C9H19Cl2N2O5PS2. The minimum absolute atomic E-state index is 0.209. The highest BCUT2D eigenvalue weighted by molar-refractivity contribution is 8.01. The van der Waals surface area contributed by atoms with Crippen LogP contribution in [0.5, 0.6) is 0 Å². The number of hydrogen-bond donors (Lipinski definition) is 2. The van der Waals surface area contributed by atoms with Crippen molar-refractivity contribution in [3.8, 4) is 0 Å². The minimum atomic E-state index is -3.98. The summed E-state index contributed by atoms with van der Waals surface area (Å²) in [6.07, 6.45) is 0.593. The van der Waals surface area contributed by atoms with Gasteiger partial charge in [0.25, 0.3) is 10.1 Å². The number of halogens is 2. The molecule has 0 bridgehead atoms. The first-order valence-electron chi connectivity index (χ1n) is 6.27. The third-order valence-corrected chi connectivity index (χ3v) is 7.67. The zero-order valence-electron chi connectivity index (χ0n) is 11.3. The van der Waals surface area contributed by atoms with Gasteiger partial charge < -0.3 is 4.52 Å². The van der Waals surface area contributed by atoms with E-state index in [-0.39, 0.29) is 16.9 Å². The quantitative estimate of drug-likeness (QED) is 0.343. The largest absolute Gasteiger partial charge is 0.344 e. The number of hydrogen-bond acceptors (Lipinski definition) is 5. The van der Waals surface area contributed by atoms with Crippen LogP contribution >= 0.6 is 42.6 Å². The molecular weight excluding hydrogens is 382 g/mol. The summed E-state index contributed by atoms with van der Waals surface area (Å²) in [4.78, 5) is 0. The second kappa shape index (κ2) is 9.30. The Morgan fingerprint density at radius 1 is 1.38 bits per heavy atom. The molecule has 1 heterocycles. The molecule has 1 aliphatic rings. The Balaban J connectivity index is 2.58. The number of nitrogens with zero attached hydrogens (tertiary/aromatic N) is 1. The van der Waals surface area contributed by atoms with Crippen LogP contribution in [0.25, 0.3) is 0 Å². The molecule has 0 aromatic rings. The first-order chi connectivity index (χ1) is 9.80. The fourth-order valence-electron chi connectivity index (χ4n) is 1.72. The maximum Gasteiger partial charge on any atom is 0.344 e. The monoisotopic (exact) mass is 400 g/mol. The molecule has 0 aromatic heterocycles. The van der Waals surface area contributed by atoms with Gasteiger partial charge in [-0.15, -0.1) is 35.0 Å². The summed E-state index contributed by atoms with van der Waals surface area (Å²) in [7, 11) is -7.19. The summed E-state index contributed by atoms with van der Waals surface area (Å²) in [5.74, 6) is 0.467. The van der Waals surface area contributed by atoms with Crippen LogP contribution in [0, 0.1) is 0 Å². The lowest BCUT2D eigenvalue weighted by molar-refractivity contribution is 0.227. The molecule has 1 rings (SSSR count). The Morgan fingerprint density at radius 2 is 2.00 bits per heavy atom. The number of nitrogens with one attached hydrogen (secondary N) is 1. The fourth-order valence-corrected chi connectivity index (χ4v) is 6.81. The molecule has 12 heteroatoms. The lowest BCUT2D eigenvalue weighted by Gasteiger charge is -2.36. The van der Waals surface area contributed by atoms with Gasteiger partial charge in [-0.05, 0) is 6.42 Å². The van der Waals surface area contributed by atoms with Gasteiger partial charge in [-0.1, -0.05) is 0 Å². The lowest BCUT2D eigenvalue weighted by Crippen LogP contribution is -2.40. The molecule has 0 saturated carbocycles. The molecule has 7 nitrogen and oxygen atoms in total. The van der Waals surface area contributed by atoms with Gasteiger partial charge in [-0.25, -0.2) is 9.76 Å². The molecule has 0 aromatic carbocycles. The second-order valence-corrected chi connectivity index (χ2v) is 10.0. The van der Waals surface area contributed by atoms with Crippen molar-refractivity contribution in [1.82, 2.24) is 9.76 Å². The van der Waals surface area contributed by atoms with Gasteiger partial charge >= 0.3 is 7.67 Å². The van der Waals surface area contributed by atoms with Crippen LogP contribution in [-0.4, -0.2) is 66.0 Å². The van der Waals surface area contributed by atoms with Crippen LogP contribution in [0.4, 0.5) is 0 Å². The van der Waals surface area contributed by atoms with E-state index in [1.54, 1.807) is 4.67 Å². The van der Waals surface area contributed by atoms with E-state index < -0.39 is 17.8 Å². The summed E-state index contributed by atoms with van der Waals surface area (Å²) in [5, 5.41) is 2.71. The van der Waals surface area contributed by atoms with E-state index in [2.05, 4.69) is 5.09 Å². The van der Waals surface area contributed by atoms with Gasteiger partial charge in [0.1, 0.15) is 0 Å². The van der Waals surface area contributed by atoms with E-state index in [0.717, 1.165) is 0 Å². The lowest BCUT2D eigenvalue weighted by atomic mass is 10.5. The van der Waals surface area contributed by atoms with E-state index in [9.17, 15) is 13.0 Å². The third-order valence-electron chi connectivity index (χ3n) is 2.67. The van der Waals surface area contributed by atoms with Gasteiger partial charge in [0.2, 0.25) is 0 Å². The number of thioether (sulfide) groups is 1. The van der Waals surface area contributed by atoms with Crippen molar-refractivity contribution in [2.45, 2.75) is 11.8 Å². The summed E-state index contributed by atoms with van der Waals surface area (Å²) in [6, 6.07) is 0. The van der Waals surface area contributed by atoms with E-state index >= 15 is 0 Å². The maximum absolute atomic E-state index is 12.8.